The summed E-state index contributed by atoms with van der Waals surface area (Å²) in [5.74, 6) is 0.251. The zero-order valence-electron chi connectivity index (χ0n) is 10.4. The minimum Gasteiger partial charge on any atom is -0.399 e. The van der Waals surface area contributed by atoms with E-state index in [1.54, 1.807) is 13.0 Å². The van der Waals surface area contributed by atoms with Crippen LogP contribution in [0.4, 0.5) is 11.5 Å². The molecule has 0 spiro atoms. The number of nitrogen functional groups attached to an aromatic ring is 1. The molecule has 0 fully saturated rings. The molecule has 0 aliphatic heterocycles. The van der Waals surface area contributed by atoms with E-state index in [1.807, 2.05) is 0 Å². The fraction of sp³-hybridized carbons (Fsp3) is 0.0833. The maximum absolute atomic E-state index is 12.3. The first-order valence-corrected chi connectivity index (χ1v) is 8.15. The summed E-state index contributed by atoms with van der Waals surface area (Å²) in [6, 6.07) is 5.98. The molecule has 0 unspecified atom stereocenters. The molecule has 5 nitrogen and oxygen atoms in total. The number of pyridine rings is 1. The quantitative estimate of drug-likeness (QED) is 0.806. The Morgan fingerprint density at radius 1 is 1.35 bits per heavy atom. The lowest BCUT2D eigenvalue weighted by molar-refractivity contribution is 0.601. The Morgan fingerprint density at radius 3 is 2.65 bits per heavy atom. The van der Waals surface area contributed by atoms with Gasteiger partial charge in [-0.05, 0) is 52.7 Å². The number of nitrogens with zero attached hydrogens (tertiary/aromatic N) is 1. The highest BCUT2D eigenvalue weighted by molar-refractivity contribution is 9.10. The molecule has 1 aromatic heterocycles. The monoisotopic (exact) mass is 375 g/mol. The first kappa shape index (κ1) is 15.1. The van der Waals surface area contributed by atoms with Crippen LogP contribution in [0.2, 0.25) is 5.02 Å². The van der Waals surface area contributed by atoms with E-state index in [2.05, 4.69) is 25.6 Å². The van der Waals surface area contributed by atoms with Crippen molar-refractivity contribution in [1.82, 2.24) is 4.98 Å². The van der Waals surface area contributed by atoms with E-state index in [9.17, 15) is 8.42 Å². The molecular formula is C12H11BrClN3O2S. The predicted molar refractivity (Wildman–Crippen MR) is 83.3 cm³/mol. The van der Waals surface area contributed by atoms with Crippen LogP contribution in [0.15, 0.2) is 39.8 Å². The average molecular weight is 377 g/mol. The van der Waals surface area contributed by atoms with Crippen molar-refractivity contribution in [2.45, 2.75) is 11.8 Å². The van der Waals surface area contributed by atoms with Gasteiger partial charge in [-0.2, -0.15) is 0 Å². The van der Waals surface area contributed by atoms with Gasteiger partial charge in [0.05, 0.1) is 5.02 Å². The van der Waals surface area contributed by atoms with Gasteiger partial charge in [0.1, 0.15) is 10.7 Å². The van der Waals surface area contributed by atoms with Gasteiger partial charge in [0.15, 0.2) is 0 Å². The standard InChI is InChI=1S/C12H11BrClN3O2S/c1-7-4-8(13)6-16-12(7)17-20(18,19)11-3-2-9(15)5-10(11)14/h2-6H,15H2,1H3,(H,16,17). The molecule has 0 bridgehead atoms. The van der Waals surface area contributed by atoms with E-state index < -0.39 is 10.0 Å². The Hall–Kier alpha value is -1.31. The lowest BCUT2D eigenvalue weighted by Gasteiger charge is -2.11. The van der Waals surface area contributed by atoms with Crippen LogP contribution in [0, 0.1) is 6.92 Å². The third-order valence-corrected chi connectivity index (χ3v) is 4.78. The van der Waals surface area contributed by atoms with E-state index in [-0.39, 0.29) is 15.7 Å². The minimum atomic E-state index is -3.81. The van der Waals surface area contributed by atoms with Gasteiger partial charge in [-0.15, -0.1) is 0 Å². The van der Waals surface area contributed by atoms with Crippen LogP contribution >= 0.6 is 27.5 Å². The first-order valence-electron chi connectivity index (χ1n) is 5.49. The number of hydrogen-bond acceptors (Lipinski definition) is 4. The second-order valence-electron chi connectivity index (χ2n) is 4.11. The number of aromatic nitrogens is 1. The summed E-state index contributed by atoms with van der Waals surface area (Å²) in [7, 11) is -3.81. The van der Waals surface area contributed by atoms with Crippen LogP contribution < -0.4 is 10.5 Å². The van der Waals surface area contributed by atoms with Crippen molar-refractivity contribution in [3.63, 3.8) is 0 Å². The number of aryl methyl sites for hydroxylation is 1. The molecule has 3 N–H and O–H groups in total. The maximum atomic E-state index is 12.3. The van der Waals surface area contributed by atoms with Crippen LogP contribution in [0.5, 0.6) is 0 Å². The van der Waals surface area contributed by atoms with Crippen molar-refractivity contribution in [2.24, 2.45) is 0 Å². The summed E-state index contributed by atoms with van der Waals surface area (Å²) < 4.78 is 27.7. The number of sulfonamides is 1. The van der Waals surface area contributed by atoms with Gasteiger partial charge >= 0.3 is 0 Å². The van der Waals surface area contributed by atoms with Gasteiger partial charge in [0.25, 0.3) is 10.0 Å². The summed E-state index contributed by atoms with van der Waals surface area (Å²) in [6.45, 7) is 1.75. The SMILES string of the molecule is Cc1cc(Br)cnc1NS(=O)(=O)c1ccc(N)cc1Cl. The zero-order chi connectivity index (χ0) is 14.9. The van der Waals surface area contributed by atoms with Crippen molar-refractivity contribution in [1.29, 1.82) is 0 Å². The Morgan fingerprint density at radius 2 is 2.05 bits per heavy atom. The largest absolute Gasteiger partial charge is 0.399 e. The van der Waals surface area contributed by atoms with E-state index in [1.165, 1.54) is 24.4 Å². The van der Waals surface area contributed by atoms with Crippen molar-refractivity contribution < 1.29 is 8.42 Å². The molecule has 20 heavy (non-hydrogen) atoms. The second kappa shape index (κ2) is 5.59. The highest BCUT2D eigenvalue weighted by atomic mass is 79.9. The fourth-order valence-electron chi connectivity index (χ4n) is 1.56. The third-order valence-electron chi connectivity index (χ3n) is 2.52. The first-order chi connectivity index (χ1) is 9.29. The second-order valence-corrected chi connectivity index (χ2v) is 7.09. The van der Waals surface area contributed by atoms with Crippen molar-refractivity contribution >= 4 is 49.1 Å². The molecule has 1 heterocycles. The summed E-state index contributed by atoms with van der Waals surface area (Å²) in [5, 5.41) is 0.0623. The summed E-state index contributed by atoms with van der Waals surface area (Å²) in [5.41, 5.74) is 6.63. The summed E-state index contributed by atoms with van der Waals surface area (Å²) in [6.07, 6.45) is 1.51. The van der Waals surface area contributed by atoms with E-state index in [0.29, 0.717) is 11.3 Å². The van der Waals surface area contributed by atoms with E-state index in [0.717, 1.165) is 4.47 Å². The molecule has 0 radical (unpaired) electrons. The number of benzene rings is 1. The number of hydrogen-bond donors (Lipinski definition) is 2. The molecule has 1 aromatic carbocycles. The van der Waals surface area contributed by atoms with Crippen molar-refractivity contribution in [3.05, 3.63) is 45.5 Å². The third kappa shape index (κ3) is 3.23. The van der Waals surface area contributed by atoms with Crippen LogP contribution in [-0.2, 0) is 10.0 Å². The molecule has 0 amide bonds. The molecule has 2 rings (SSSR count). The fourth-order valence-corrected chi connectivity index (χ4v) is 3.65. The highest BCUT2D eigenvalue weighted by Gasteiger charge is 2.19. The Bertz CT molecular complexity index is 765. The lowest BCUT2D eigenvalue weighted by atomic mass is 10.3. The molecule has 0 saturated carbocycles. The predicted octanol–water partition coefficient (Wildman–Crippen LogP) is 3.19. The molecular weight excluding hydrogens is 366 g/mol. The van der Waals surface area contributed by atoms with Crippen LogP contribution in [0.1, 0.15) is 5.56 Å². The van der Waals surface area contributed by atoms with Gasteiger partial charge < -0.3 is 5.73 Å². The maximum Gasteiger partial charge on any atom is 0.264 e. The molecule has 0 aliphatic carbocycles. The van der Waals surface area contributed by atoms with Gasteiger partial charge in [-0.3, -0.25) is 4.72 Å². The van der Waals surface area contributed by atoms with Crippen LogP contribution in [-0.4, -0.2) is 13.4 Å². The molecule has 0 saturated heterocycles. The van der Waals surface area contributed by atoms with Gasteiger partial charge in [-0.25, -0.2) is 13.4 Å². The number of rotatable bonds is 3. The number of nitrogens with one attached hydrogen (secondary N) is 1. The molecule has 0 aliphatic rings. The topological polar surface area (TPSA) is 85.1 Å². The number of nitrogens with two attached hydrogens (primary N) is 1. The molecule has 2 aromatic rings. The van der Waals surface area contributed by atoms with E-state index in [4.69, 9.17) is 17.3 Å². The van der Waals surface area contributed by atoms with Gasteiger partial charge in [0.2, 0.25) is 0 Å². The molecule has 8 heteroatoms. The number of halogens is 2. The van der Waals surface area contributed by atoms with E-state index >= 15 is 0 Å². The van der Waals surface area contributed by atoms with Crippen molar-refractivity contribution in [2.75, 3.05) is 10.5 Å². The summed E-state index contributed by atoms with van der Waals surface area (Å²) in [4.78, 5) is 3.99. The van der Waals surface area contributed by atoms with Gasteiger partial charge in [0, 0.05) is 16.4 Å². The minimum absolute atomic E-state index is 0.0440. The number of anilines is 2. The Balaban J connectivity index is 2.41. The van der Waals surface area contributed by atoms with Crippen molar-refractivity contribution in [3.8, 4) is 0 Å². The molecule has 106 valence electrons. The Kier molecular flexibility index (Phi) is 4.22. The lowest BCUT2D eigenvalue weighted by Crippen LogP contribution is -2.15. The molecule has 0 atom stereocenters. The zero-order valence-corrected chi connectivity index (χ0v) is 13.6. The summed E-state index contributed by atoms with van der Waals surface area (Å²) >= 11 is 9.18. The smallest absolute Gasteiger partial charge is 0.264 e. The normalized spacial score (nSPS) is 11.3. The Labute approximate surface area is 130 Å². The average Bonchev–Trinajstić information content (AvgIpc) is 2.32. The van der Waals surface area contributed by atoms with Crippen LogP contribution in [0.25, 0.3) is 0 Å². The van der Waals surface area contributed by atoms with Crippen LogP contribution in [0.3, 0.4) is 0 Å². The highest BCUT2D eigenvalue weighted by Crippen LogP contribution is 2.26. The van der Waals surface area contributed by atoms with Gasteiger partial charge in [-0.1, -0.05) is 11.6 Å².